The number of carbonyl (C=O) groups excluding carboxylic acids is 1. The summed E-state index contributed by atoms with van der Waals surface area (Å²) in [6.07, 6.45) is 1.65. The molecule has 6 nitrogen and oxygen atoms in total. The van der Waals surface area contributed by atoms with Crippen LogP contribution in [0.1, 0.15) is 19.4 Å². The molecule has 1 N–H and O–H groups in total. The van der Waals surface area contributed by atoms with E-state index in [0.717, 1.165) is 5.56 Å². The van der Waals surface area contributed by atoms with Crippen molar-refractivity contribution in [2.24, 2.45) is 0 Å². The van der Waals surface area contributed by atoms with Gasteiger partial charge >= 0.3 is 0 Å². The number of hydrogen-bond acceptors (Lipinski definition) is 4. The maximum atomic E-state index is 11.9. The number of pyridine rings is 1. The number of ether oxygens (including phenoxy) is 1. The van der Waals surface area contributed by atoms with E-state index in [0.29, 0.717) is 5.65 Å². The Bertz CT molecular complexity index is 692. The Labute approximate surface area is 116 Å². The summed E-state index contributed by atoms with van der Waals surface area (Å²) < 4.78 is 6.72. The molecule has 0 unspecified atom stereocenters. The van der Waals surface area contributed by atoms with Crippen molar-refractivity contribution < 1.29 is 9.53 Å². The van der Waals surface area contributed by atoms with Gasteiger partial charge in [0, 0.05) is 12.2 Å². The Morgan fingerprint density at radius 3 is 2.95 bits per heavy atom. The fraction of sp³-hybridized carbons (Fsp3) is 0.357. The number of rotatable bonds is 4. The van der Waals surface area contributed by atoms with Crippen LogP contribution in [-0.2, 0) is 4.79 Å². The standard InChI is InChI=1S/C14H17N3O3/c1-9(2)15-11(18)8-20-12-7-13(19)17-6-4-5-10(3)14(17)16-12/h4-7,9H,8H2,1-3H3,(H,15,18). The summed E-state index contributed by atoms with van der Waals surface area (Å²) >= 11 is 0. The van der Waals surface area contributed by atoms with Crippen molar-refractivity contribution in [1.82, 2.24) is 14.7 Å². The van der Waals surface area contributed by atoms with E-state index >= 15 is 0 Å². The molecule has 1 amide bonds. The van der Waals surface area contributed by atoms with Crippen LogP contribution in [0.3, 0.4) is 0 Å². The number of amides is 1. The summed E-state index contributed by atoms with van der Waals surface area (Å²) in [5.41, 5.74) is 1.15. The smallest absolute Gasteiger partial charge is 0.261 e. The van der Waals surface area contributed by atoms with Crippen molar-refractivity contribution in [3.63, 3.8) is 0 Å². The molecule has 0 atom stereocenters. The second-order valence-electron chi connectivity index (χ2n) is 4.83. The van der Waals surface area contributed by atoms with Gasteiger partial charge in [0.2, 0.25) is 5.88 Å². The minimum atomic E-state index is -0.244. The molecule has 2 heterocycles. The third kappa shape index (κ3) is 3.14. The quantitative estimate of drug-likeness (QED) is 0.900. The molecule has 2 aromatic heterocycles. The van der Waals surface area contributed by atoms with Crippen LogP contribution < -0.4 is 15.6 Å². The normalized spacial score (nSPS) is 10.8. The van der Waals surface area contributed by atoms with Crippen molar-refractivity contribution in [3.05, 3.63) is 40.3 Å². The van der Waals surface area contributed by atoms with Crippen LogP contribution >= 0.6 is 0 Å². The average Bonchev–Trinajstić information content (AvgIpc) is 2.37. The van der Waals surface area contributed by atoms with Gasteiger partial charge in [-0.3, -0.25) is 14.0 Å². The lowest BCUT2D eigenvalue weighted by molar-refractivity contribution is -0.123. The lowest BCUT2D eigenvalue weighted by Crippen LogP contribution is -2.34. The molecule has 0 bridgehead atoms. The minimum absolute atomic E-state index is 0.0449. The maximum absolute atomic E-state index is 11.9. The molecule has 0 saturated heterocycles. The summed E-state index contributed by atoms with van der Waals surface area (Å²) in [5.74, 6) is -0.0880. The van der Waals surface area contributed by atoms with Crippen LogP contribution in [0.5, 0.6) is 5.88 Å². The molecule has 106 valence electrons. The Morgan fingerprint density at radius 2 is 2.25 bits per heavy atom. The molecule has 6 heteroatoms. The molecule has 0 saturated carbocycles. The second-order valence-corrected chi connectivity index (χ2v) is 4.83. The minimum Gasteiger partial charge on any atom is -0.467 e. The first kappa shape index (κ1) is 14.0. The van der Waals surface area contributed by atoms with E-state index in [9.17, 15) is 9.59 Å². The Morgan fingerprint density at radius 1 is 1.50 bits per heavy atom. The Balaban J connectivity index is 2.22. The molecule has 20 heavy (non-hydrogen) atoms. The number of nitrogens with one attached hydrogen (secondary N) is 1. The summed E-state index contributed by atoms with van der Waals surface area (Å²) in [4.78, 5) is 27.7. The molecule has 0 spiro atoms. The summed E-state index contributed by atoms with van der Waals surface area (Å²) in [6.45, 7) is 5.42. The summed E-state index contributed by atoms with van der Waals surface area (Å²) in [7, 11) is 0. The molecular weight excluding hydrogens is 258 g/mol. The van der Waals surface area contributed by atoms with Gasteiger partial charge in [0.05, 0.1) is 6.07 Å². The van der Waals surface area contributed by atoms with Crippen molar-refractivity contribution >= 4 is 11.6 Å². The fourth-order valence-electron chi connectivity index (χ4n) is 1.82. The number of fused-ring (bicyclic) bond motifs is 1. The number of carbonyl (C=O) groups is 1. The zero-order valence-corrected chi connectivity index (χ0v) is 11.7. The molecule has 0 aromatic carbocycles. The van der Waals surface area contributed by atoms with E-state index in [1.807, 2.05) is 26.8 Å². The highest BCUT2D eigenvalue weighted by molar-refractivity contribution is 5.77. The molecule has 2 aromatic rings. The van der Waals surface area contributed by atoms with Crippen LogP contribution in [0.25, 0.3) is 5.65 Å². The molecule has 0 aliphatic heterocycles. The Kier molecular flexibility index (Phi) is 4.02. The predicted octanol–water partition coefficient (Wildman–Crippen LogP) is 0.906. The van der Waals surface area contributed by atoms with E-state index in [1.54, 1.807) is 12.3 Å². The van der Waals surface area contributed by atoms with Crippen molar-refractivity contribution in [3.8, 4) is 5.88 Å². The number of hydrogen-bond donors (Lipinski definition) is 1. The molecular formula is C14H17N3O3. The first-order valence-electron chi connectivity index (χ1n) is 6.38. The van der Waals surface area contributed by atoms with Gasteiger partial charge in [0.25, 0.3) is 11.5 Å². The molecule has 0 aliphatic rings. The predicted molar refractivity (Wildman–Crippen MR) is 75.0 cm³/mol. The maximum Gasteiger partial charge on any atom is 0.261 e. The monoisotopic (exact) mass is 275 g/mol. The van der Waals surface area contributed by atoms with Gasteiger partial charge in [-0.05, 0) is 32.4 Å². The first-order chi connectivity index (χ1) is 9.47. The van der Waals surface area contributed by atoms with E-state index in [-0.39, 0.29) is 30.0 Å². The third-order valence-electron chi connectivity index (χ3n) is 2.66. The van der Waals surface area contributed by atoms with E-state index in [2.05, 4.69) is 10.3 Å². The van der Waals surface area contributed by atoms with Crippen LogP contribution in [0, 0.1) is 6.92 Å². The zero-order valence-electron chi connectivity index (χ0n) is 11.7. The van der Waals surface area contributed by atoms with E-state index in [1.165, 1.54) is 10.5 Å². The van der Waals surface area contributed by atoms with Crippen LogP contribution in [0.2, 0.25) is 0 Å². The second kappa shape index (κ2) is 5.73. The van der Waals surface area contributed by atoms with Crippen LogP contribution in [0.4, 0.5) is 0 Å². The van der Waals surface area contributed by atoms with Crippen molar-refractivity contribution in [2.75, 3.05) is 6.61 Å². The van der Waals surface area contributed by atoms with Crippen LogP contribution in [-0.4, -0.2) is 27.9 Å². The highest BCUT2D eigenvalue weighted by Crippen LogP contribution is 2.09. The van der Waals surface area contributed by atoms with Gasteiger partial charge in [-0.1, -0.05) is 6.07 Å². The van der Waals surface area contributed by atoms with Crippen molar-refractivity contribution in [2.45, 2.75) is 26.8 Å². The molecule has 2 rings (SSSR count). The highest BCUT2D eigenvalue weighted by Gasteiger charge is 2.08. The molecule has 0 radical (unpaired) electrons. The molecule has 0 fully saturated rings. The zero-order chi connectivity index (χ0) is 14.7. The first-order valence-corrected chi connectivity index (χ1v) is 6.38. The topological polar surface area (TPSA) is 72.7 Å². The van der Waals surface area contributed by atoms with Crippen molar-refractivity contribution in [1.29, 1.82) is 0 Å². The number of nitrogens with zero attached hydrogens (tertiary/aromatic N) is 2. The van der Waals surface area contributed by atoms with Gasteiger partial charge < -0.3 is 10.1 Å². The number of aromatic nitrogens is 2. The average molecular weight is 275 g/mol. The van der Waals surface area contributed by atoms with Gasteiger partial charge in [-0.25, -0.2) is 0 Å². The van der Waals surface area contributed by atoms with Gasteiger partial charge in [0.1, 0.15) is 5.65 Å². The lowest BCUT2D eigenvalue weighted by atomic mass is 10.3. The fourth-order valence-corrected chi connectivity index (χ4v) is 1.82. The largest absolute Gasteiger partial charge is 0.467 e. The Hall–Kier alpha value is -2.37. The highest BCUT2D eigenvalue weighted by atomic mass is 16.5. The molecule has 0 aliphatic carbocycles. The van der Waals surface area contributed by atoms with E-state index in [4.69, 9.17) is 4.74 Å². The van der Waals surface area contributed by atoms with Gasteiger partial charge in [0.15, 0.2) is 6.61 Å². The van der Waals surface area contributed by atoms with Crippen LogP contribution in [0.15, 0.2) is 29.2 Å². The van der Waals surface area contributed by atoms with E-state index < -0.39 is 0 Å². The SMILES string of the molecule is Cc1cccn2c(=O)cc(OCC(=O)NC(C)C)nc12. The van der Waals surface area contributed by atoms with Gasteiger partial charge in [-0.2, -0.15) is 4.98 Å². The third-order valence-corrected chi connectivity index (χ3v) is 2.66. The summed E-state index contributed by atoms with van der Waals surface area (Å²) in [5, 5.41) is 2.70. The summed E-state index contributed by atoms with van der Waals surface area (Å²) in [6, 6.07) is 4.96. The lowest BCUT2D eigenvalue weighted by Gasteiger charge is -2.10. The van der Waals surface area contributed by atoms with Gasteiger partial charge in [-0.15, -0.1) is 0 Å². The number of aryl methyl sites for hydroxylation is 1.